The molecule has 0 aliphatic carbocycles. The monoisotopic (exact) mass is 418 g/mol. The summed E-state index contributed by atoms with van der Waals surface area (Å²) in [5.41, 5.74) is 0.158. The van der Waals surface area contributed by atoms with Gasteiger partial charge in [-0.2, -0.15) is 18.3 Å². The van der Waals surface area contributed by atoms with Crippen LogP contribution >= 0.6 is 12.4 Å². The van der Waals surface area contributed by atoms with E-state index in [1.807, 2.05) is 13.2 Å². The number of carbonyl (C=O) groups excluding carboxylic acids is 1. The molecule has 1 fully saturated rings. The average molecular weight is 419 g/mol. The fourth-order valence-electron chi connectivity index (χ4n) is 3.23. The number of amides is 1. The van der Waals surface area contributed by atoms with Crippen LogP contribution in [0.1, 0.15) is 17.0 Å². The first-order chi connectivity index (χ1) is 12.9. The number of aromatic nitrogens is 2. The number of rotatable bonds is 6. The Labute approximate surface area is 166 Å². The van der Waals surface area contributed by atoms with E-state index >= 15 is 0 Å². The Morgan fingerprint density at radius 3 is 2.79 bits per heavy atom. The number of nitrogens with zero attached hydrogens (tertiary/aromatic N) is 2. The maximum absolute atomic E-state index is 12.9. The van der Waals surface area contributed by atoms with Crippen LogP contribution < -0.4 is 15.4 Å². The van der Waals surface area contributed by atoms with E-state index in [1.165, 1.54) is 18.2 Å². The third-order valence-corrected chi connectivity index (χ3v) is 4.56. The summed E-state index contributed by atoms with van der Waals surface area (Å²) < 4.78 is 45.7. The highest BCUT2D eigenvalue weighted by Gasteiger charge is 2.35. The number of halogens is 4. The molecule has 28 heavy (non-hydrogen) atoms. The minimum Gasteiger partial charge on any atom is -0.491 e. The van der Waals surface area contributed by atoms with E-state index < -0.39 is 11.7 Å². The normalized spacial score (nSPS) is 19.1. The second kappa shape index (κ2) is 9.29. The fraction of sp³-hybridized carbons (Fsp3) is 0.444. The van der Waals surface area contributed by atoms with E-state index in [9.17, 15) is 18.0 Å². The van der Waals surface area contributed by atoms with Gasteiger partial charge in [0.1, 0.15) is 12.4 Å². The van der Waals surface area contributed by atoms with Crippen LogP contribution in [-0.2, 0) is 18.0 Å². The third kappa shape index (κ3) is 5.17. The molecule has 1 aliphatic heterocycles. The number of benzene rings is 1. The molecule has 1 aromatic carbocycles. The van der Waals surface area contributed by atoms with E-state index in [-0.39, 0.29) is 49.1 Å². The Morgan fingerprint density at radius 2 is 2.11 bits per heavy atom. The number of ether oxygens (including phenoxy) is 1. The van der Waals surface area contributed by atoms with Gasteiger partial charge in [-0.05, 0) is 17.7 Å². The molecule has 2 N–H and O–H groups in total. The van der Waals surface area contributed by atoms with Crippen molar-refractivity contribution in [3.05, 3.63) is 47.8 Å². The van der Waals surface area contributed by atoms with Gasteiger partial charge in [0.25, 0.3) is 0 Å². The van der Waals surface area contributed by atoms with Crippen molar-refractivity contribution in [3.63, 3.8) is 0 Å². The number of carbonyl (C=O) groups is 1. The average Bonchev–Trinajstić information content (AvgIpc) is 3.26. The van der Waals surface area contributed by atoms with Crippen LogP contribution in [0.4, 0.5) is 13.2 Å². The van der Waals surface area contributed by atoms with Crippen molar-refractivity contribution in [1.29, 1.82) is 0 Å². The molecule has 0 saturated carbocycles. The van der Waals surface area contributed by atoms with Gasteiger partial charge in [-0.15, -0.1) is 12.4 Å². The zero-order chi connectivity index (χ0) is 19.4. The van der Waals surface area contributed by atoms with Gasteiger partial charge in [0, 0.05) is 32.3 Å². The molecule has 2 aromatic rings. The molecule has 1 amide bonds. The Morgan fingerprint density at radius 1 is 1.36 bits per heavy atom. The maximum Gasteiger partial charge on any atom is 0.419 e. The molecular formula is C18H22ClF3N4O2. The Hall–Kier alpha value is -2.26. The van der Waals surface area contributed by atoms with Gasteiger partial charge in [-0.3, -0.25) is 9.48 Å². The zero-order valence-electron chi connectivity index (χ0n) is 15.2. The molecule has 1 aliphatic rings. The largest absolute Gasteiger partial charge is 0.491 e. The number of aryl methyl sites for hydroxylation is 1. The first kappa shape index (κ1) is 22.0. The highest BCUT2D eigenvalue weighted by atomic mass is 35.5. The van der Waals surface area contributed by atoms with Crippen molar-refractivity contribution in [3.8, 4) is 5.75 Å². The lowest BCUT2D eigenvalue weighted by molar-refractivity contribution is -0.139. The van der Waals surface area contributed by atoms with Crippen LogP contribution in [0.3, 0.4) is 0 Å². The summed E-state index contributed by atoms with van der Waals surface area (Å²) in [4.78, 5) is 12.5. The van der Waals surface area contributed by atoms with E-state index in [0.29, 0.717) is 13.1 Å². The van der Waals surface area contributed by atoms with Crippen molar-refractivity contribution in [2.75, 3.05) is 26.2 Å². The summed E-state index contributed by atoms with van der Waals surface area (Å²) in [6.07, 6.45) is -0.851. The first-order valence-electron chi connectivity index (χ1n) is 8.62. The van der Waals surface area contributed by atoms with E-state index in [4.69, 9.17) is 4.74 Å². The number of hydrogen-bond acceptors (Lipinski definition) is 4. The molecular weight excluding hydrogens is 397 g/mol. The molecule has 0 bridgehead atoms. The minimum atomic E-state index is -4.48. The summed E-state index contributed by atoms with van der Waals surface area (Å²) in [5, 5.41) is 10.1. The first-order valence-corrected chi connectivity index (χ1v) is 8.62. The Balaban J connectivity index is 0.00000280. The maximum atomic E-state index is 12.9. The van der Waals surface area contributed by atoms with Crippen LogP contribution in [-0.4, -0.2) is 41.9 Å². The van der Waals surface area contributed by atoms with Crippen molar-refractivity contribution in [1.82, 2.24) is 20.4 Å². The van der Waals surface area contributed by atoms with Crippen molar-refractivity contribution < 1.29 is 22.7 Å². The zero-order valence-corrected chi connectivity index (χ0v) is 16.0. The summed E-state index contributed by atoms with van der Waals surface area (Å²) in [7, 11) is 1.82. The van der Waals surface area contributed by atoms with E-state index in [0.717, 1.165) is 11.6 Å². The molecule has 2 heterocycles. The lowest BCUT2D eigenvalue weighted by Crippen LogP contribution is -2.36. The van der Waals surface area contributed by atoms with Crippen LogP contribution in [0, 0.1) is 5.92 Å². The van der Waals surface area contributed by atoms with Crippen molar-refractivity contribution in [2.24, 2.45) is 13.0 Å². The lowest BCUT2D eigenvalue weighted by atomic mass is 9.90. The van der Waals surface area contributed by atoms with Crippen molar-refractivity contribution in [2.45, 2.75) is 12.1 Å². The second-order valence-electron chi connectivity index (χ2n) is 6.45. The number of para-hydroxylation sites is 1. The molecule has 3 rings (SSSR count). The van der Waals surface area contributed by atoms with Gasteiger partial charge in [0.2, 0.25) is 5.91 Å². The molecule has 2 atom stereocenters. The van der Waals surface area contributed by atoms with Crippen molar-refractivity contribution >= 4 is 18.3 Å². The molecule has 1 saturated heterocycles. The SMILES string of the molecule is Cl.Cn1cc([C@H]2CNC[C@@H]2C(=O)NCCOc2ccccc2C(F)(F)F)cn1. The molecule has 0 radical (unpaired) electrons. The van der Waals surface area contributed by atoms with Crippen LogP contribution in [0.15, 0.2) is 36.7 Å². The molecule has 0 unspecified atom stereocenters. The smallest absolute Gasteiger partial charge is 0.419 e. The van der Waals surface area contributed by atoms with E-state index in [2.05, 4.69) is 15.7 Å². The second-order valence-corrected chi connectivity index (χ2v) is 6.45. The van der Waals surface area contributed by atoms with Gasteiger partial charge in [0.05, 0.1) is 24.2 Å². The predicted octanol–water partition coefficient (Wildman–Crippen LogP) is 2.36. The minimum absolute atomic E-state index is 0. The number of hydrogen-bond donors (Lipinski definition) is 2. The standard InChI is InChI=1S/C18H21F3N4O2.ClH/c1-25-11-12(8-24-25)13-9-22-10-14(13)17(26)23-6-7-27-16-5-3-2-4-15(16)18(19,20)21;/h2-5,8,11,13-14,22H,6-7,9-10H2,1H3,(H,23,26);1H/t13-,14+;/m1./s1. The van der Waals surface area contributed by atoms with Crippen LogP contribution in [0.2, 0.25) is 0 Å². The molecule has 6 nitrogen and oxygen atoms in total. The highest BCUT2D eigenvalue weighted by Crippen LogP contribution is 2.35. The Kier molecular flexibility index (Phi) is 7.31. The number of alkyl halides is 3. The summed E-state index contributed by atoms with van der Waals surface area (Å²) >= 11 is 0. The Bertz CT molecular complexity index is 797. The molecule has 10 heteroatoms. The molecule has 154 valence electrons. The topological polar surface area (TPSA) is 68.2 Å². The van der Waals surface area contributed by atoms with E-state index in [1.54, 1.807) is 10.9 Å². The summed E-state index contributed by atoms with van der Waals surface area (Å²) in [5.74, 6) is -0.626. The fourth-order valence-corrected chi connectivity index (χ4v) is 3.23. The van der Waals surface area contributed by atoms with Gasteiger partial charge >= 0.3 is 6.18 Å². The quantitative estimate of drug-likeness (QED) is 0.707. The summed E-state index contributed by atoms with van der Waals surface area (Å²) in [6, 6.07) is 5.02. The van der Waals surface area contributed by atoms with Gasteiger partial charge in [0.15, 0.2) is 0 Å². The lowest BCUT2D eigenvalue weighted by Gasteiger charge is -2.18. The third-order valence-electron chi connectivity index (χ3n) is 4.56. The van der Waals surface area contributed by atoms with Crippen LogP contribution in [0.25, 0.3) is 0 Å². The molecule has 0 spiro atoms. The van der Waals surface area contributed by atoms with Gasteiger partial charge in [-0.1, -0.05) is 12.1 Å². The number of nitrogens with one attached hydrogen (secondary N) is 2. The highest BCUT2D eigenvalue weighted by molar-refractivity contribution is 5.85. The predicted molar refractivity (Wildman–Crippen MR) is 99.5 cm³/mol. The molecule has 1 aromatic heterocycles. The van der Waals surface area contributed by atoms with Gasteiger partial charge < -0.3 is 15.4 Å². The van der Waals surface area contributed by atoms with Crippen LogP contribution in [0.5, 0.6) is 5.75 Å². The van der Waals surface area contributed by atoms with Gasteiger partial charge in [-0.25, -0.2) is 0 Å². The summed E-state index contributed by atoms with van der Waals surface area (Å²) in [6.45, 7) is 1.31.